The number of terminal acetylenes is 1. The molecule has 2 heteroatoms. The van der Waals surface area contributed by atoms with Gasteiger partial charge in [-0.1, -0.05) is 34.0 Å². The first-order valence-corrected chi connectivity index (χ1v) is 5.29. The highest BCUT2D eigenvalue weighted by Gasteiger charge is 2.08. The van der Waals surface area contributed by atoms with Crippen LogP contribution in [0, 0.1) is 26.2 Å². The molecule has 0 spiro atoms. The van der Waals surface area contributed by atoms with Crippen molar-refractivity contribution in [1.29, 1.82) is 0 Å². The van der Waals surface area contributed by atoms with E-state index in [0.29, 0.717) is 0 Å². The number of rotatable bonds is 2. The maximum atomic E-state index is 5.43. The number of halogens is 1. The molecule has 74 valence electrons. The second kappa shape index (κ2) is 4.63. The SMILES string of the molecule is C#CC(NC)c1cc(C)c(Br)c(C)c1. The summed E-state index contributed by atoms with van der Waals surface area (Å²) in [5.74, 6) is 2.72. The summed E-state index contributed by atoms with van der Waals surface area (Å²) in [6.45, 7) is 4.15. The van der Waals surface area contributed by atoms with Gasteiger partial charge in [-0.3, -0.25) is 0 Å². The van der Waals surface area contributed by atoms with E-state index in [4.69, 9.17) is 6.42 Å². The lowest BCUT2D eigenvalue weighted by atomic mass is 10.0. The largest absolute Gasteiger partial charge is 0.303 e. The first kappa shape index (κ1) is 11.3. The molecular weight excluding hydrogens is 238 g/mol. The van der Waals surface area contributed by atoms with Crippen LogP contribution in [0.2, 0.25) is 0 Å². The molecule has 0 radical (unpaired) electrons. The number of hydrogen-bond donors (Lipinski definition) is 1. The normalized spacial score (nSPS) is 12.2. The molecule has 0 saturated carbocycles. The van der Waals surface area contributed by atoms with Gasteiger partial charge >= 0.3 is 0 Å². The Balaban J connectivity index is 3.19. The second-order valence-corrected chi connectivity index (χ2v) is 4.15. The van der Waals surface area contributed by atoms with Crippen LogP contribution in [-0.4, -0.2) is 7.05 Å². The van der Waals surface area contributed by atoms with Crippen LogP contribution in [0.3, 0.4) is 0 Å². The van der Waals surface area contributed by atoms with E-state index in [-0.39, 0.29) is 6.04 Å². The van der Waals surface area contributed by atoms with E-state index in [1.165, 1.54) is 11.1 Å². The molecule has 0 amide bonds. The molecular formula is C12H14BrN. The van der Waals surface area contributed by atoms with E-state index < -0.39 is 0 Å². The van der Waals surface area contributed by atoms with Gasteiger partial charge in [-0.25, -0.2) is 0 Å². The van der Waals surface area contributed by atoms with E-state index in [0.717, 1.165) is 10.0 Å². The summed E-state index contributed by atoms with van der Waals surface area (Å²) >= 11 is 3.53. The maximum Gasteiger partial charge on any atom is 0.0940 e. The van der Waals surface area contributed by atoms with Gasteiger partial charge in [0, 0.05) is 4.47 Å². The summed E-state index contributed by atoms with van der Waals surface area (Å²) in [4.78, 5) is 0. The molecule has 0 aliphatic carbocycles. The van der Waals surface area contributed by atoms with Crippen molar-refractivity contribution in [3.63, 3.8) is 0 Å². The van der Waals surface area contributed by atoms with E-state index in [2.05, 4.69) is 53.1 Å². The van der Waals surface area contributed by atoms with Gasteiger partial charge in [-0.2, -0.15) is 0 Å². The average Bonchev–Trinajstić information content (AvgIpc) is 2.16. The zero-order valence-corrected chi connectivity index (χ0v) is 10.3. The summed E-state index contributed by atoms with van der Waals surface area (Å²) < 4.78 is 1.16. The molecule has 0 aliphatic heterocycles. The van der Waals surface area contributed by atoms with Gasteiger partial charge in [0.1, 0.15) is 0 Å². The van der Waals surface area contributed by atoms with Crippen LogP contribution in [0.1, 0.15) is 22.7 Å². The Morgan fingerprint density at radius 1 is 1.36 bits per heavy atom. The van der Waals surface area contributed by atoms with Crippen molar-refractivity contribution in [3.05, 3.63) is 33.3 Å². The number of hydrogen-bond acceptors (Lipinski definition) is 1. The number of benzene rings is 1. The fourth-order valence-electron chi connectivity index (χ4n) is 1.49. The third kappa shape index (κ3) is 2.17. The van der Waals surface area contributed by atoms with E-state index in [9.17, 15) is 0 Å². The Kier molecular flexibility index (Phi) is 3.74. The summed E-state index contributed by atoms with van der Waals surface area (Å²) in [6.07, 6.45) is 5.43. The molecule has 1 aromatic carbocycles. The third-order valence-corrected chi connectivity index (χ3v) is 3.50. The maximum absolute atomic E-state index is 5.43. The minimum atomic E-state index is 0.000463. The zero-order valence-electron chi connectivity index (χ0n) is 8.69. The van der Waals surface area contributed by atoms with Crippen molar-refractivity contribution in [2.75, 3.05) is 7.05 Å². The van der Waals surface area contributed by atoms with E-state index >= 15 is 0 Å². The van der Waals surface area contributed by atoms with Crippen LogP contribution in [0.25, 0.3) is 0 Å². The highest BCUT2D eigenvalue weighted by atomic mass is 79.9. The molecule has 0 bridgehead atoms. The van der Waals surface area contributed by atoms with Crippen LogP contribution in [0.15, 0.2) is 16.6 Å². The van der Waals surface area contributed by atoms with E-state index in [1.807, 2.05) is 7.05 Å². The standard InChI is InChI=1S/C12H14BrN/c1-5-11(14-4)10-6-8(2)12(13)9(3)7-10/h1,6-7,11,14H,2-4H3. The molecule has 1 N–H and O–H groups in total. The van der Waals surface area contributed by atoms with E-state index in [1.54, 1.807) is 0 Å². The highest BCUT2D eigenvalue weighted by molar-refractivity contribution is 9.10. The molecule has 0 aromatic heterocycles. The third-order valence-electron chi connectivity index (χ3n) is 2.25. The Hall–Kier alpha value is -0.780. The van der Waals surface area contributed by atoms with Crippen molar-refractivity contribution < 1.29 is 0 Å². The average molecular weight is 252 g/mol. The monoisotopic (exact) mass is 251 g/mol. The first-order valence-electron chi connectivity index (χ1n) is 4.50. The summed E-state index contributed by atoms with van der Waals surface area (Å²) in [6, 6.07) is 4.22. The van der Waals surface area contributed by atoms with Crippen molar-refractivity contribution in [2.45, 2.75) is 19.9 Å². The molecule has 0 saturated heterocycles. The van der Waals surface area contributed by atoms with Gasteiger partial charge in [0.05, 0.1) is 6.04 Å². The van der Waals surface area contributed by atoms with Gasteiger partial charge in [0.2, 0.25) is 0 Å². The lowest BCUT2D eigenvalue weighted by Gasteiger charge is -2.13. The van der Waals surface area contributed by atoms with Crippen LogP contribution in [0.5, 0.6) is 0 Å². The smallest absolute Gasteiger partial charge is 0.0940 e. The molecule has 1 unspecified atom stereocenters. The van der Waals surface area contributed by atoms with Crippen LogP contribution in [-0.2, 0) is 0 Å². The lowest BCUT2D eigenvalue weighted by molar-refractivity contribution is 0.735. The van der Waals surface area contributed by atoms with Crippen molar-refractivity contribution in [1.82, 2.24) is 5.32 Å². The molecule has 0 aliphatic rings. The predicted octanol–water partition coefficient (Wildman–Crippen LogP) is 2.96. The Labute approximate surface area is 94.0 Å². The summed E-state index contributed by atoms with van der Waals surface area (Å²) in [5, 5.41) is 3.09. The highest BCUT2D eigenvalue weighted by Crippen LogP contribution is 2.25. The van der Waals surface area contributed by atoms with Crippen molar-refractivity contribution >= 4 is 15.9 Å². The van der Waals surface area contributed by atoms with Crippen LogP contribution in [0.4, 0.5) is 0 Å². The molecule has 0 fully saturated rings. The fourth-order valence-corrected chi connectivity index (χ4v) is 1.72. The number of nitrogens with one attached hydrogen (secondary N) is 1. The van der Waals surface area contributed by atoms with Gasteiger partial charge in [0.15, 0.2) is 0 Å². The lowest BCUT2D eigenvalue weighted by Crippen LogP contribution is -2.14. The minimum Gasteiger partial charge on any atom is -0.303 e. The molecule has 1 nitrogen and oxygen atoms in total. The van der Waals surface area contributed by atoms with Gasteiger partial charge in [-0.05, 0) is 37.6 Å². The quantitative estimate of drug-likeness (QED) is 0.798. The van der Waals surface area contributed by atoms with Gasteiger partial charge in [0.25, 0.3) is 0 Å². The Morgan fingerprint density at radius 2 is 1.86 bits per heavy atom. The molecule has 1 aromatic rings. The summed E-state index contributed by atoms with van der Waals surface area (Å²) in [5.41, 5.74) is 3.58. The number of aryl methyl sites for hydroxylation is 2. The predicted molar refractivity (Wildman–Crippen MR) is 64.2 cm³/mol. The zero-order chi connectivity index (χ0) is 10.7. The van der Waals surface area contributed by atoms with Gasteiger partial charge < -0.3 is 5.32 Å². The van der Waals surface area contributed by atoms with Crippen LogP contribution < -0.4 is 5.32 Å². The second-order valence-electron chi connectivity index (χ2n) is 3.36. The topological polar surface area (TPSA) is 12.0 Å². The van der Waals surface area contributed by atoms with Crippen LogP contribution >= 0.6 is 15.9 Å². The van der Waals surface area contributed by atoms with Gasteiger partial charge in [-0.15, -0.1) is 6.42 Å². The Morgan fingerprint density at radius 3 is 2.21 bits per heavy atom. The molecule has 1 atom stereocenters. The minimum absolute atomic E-state index is 0.000463. The Bertz CT molecular complexity index is 353. The molecule has 0 heterocycles. The van der Waals surface area contributed by atoms with Crippen molar-refractivity contribution in [2.24, 2.45) is 0 Å². The fraction of sp³-hybridized carbons (Fsp3) is 0.333. The van der Waals surface area contributed by atoms with Crippen molar-refractivity contribution in [3.8, 4) is 12.3 Å². The molecule has 14 heavy (non-hydrogen) atoms. The molecule has 1 rings (SSSR count). The first-order chi connectivity index (χ1) is 6.60. The summed E-state index contributed by atoms with van der Waals surface area (Å²) in [7, 11) is 1.87.